The van der Waals surface area contributed by atoms with Gasteiger partial charge in [0, 0.05) is 19.4 Å². The first-order chi connectivity index (χ1) is 10.2. The van der Waals surface area contributed by atoms with Crippen LogP contribution in [0.4, 0.5) is 0 Å². The van der Waals surface area contributed by atoms with Gasteiger partial charge >= 0.3 is 0 Å². The van der Waals surface area contributed by atoms with Crippen molar-refractivity contribution in [2.24, 2.45) is 0 Å². The van der Waals surface area contributed by atoms with Crippen LogP contribution >= 0.6 is 0 Å². The van der Waals surface area contributed by atoms with Crippen LogP contribution in [0.25, 0.3) is 0 Å². The molecular formula is C17H23NO3. The number of carbonyl (C=O) groups is 1. The van der Waals surface area contributed by atoms with Crippen LogP contribution in [0, 0.1) is 0 Å². The van der Waals surface area contributed by atoms with Crippen molar-refractivity contribution in [1.29, 1.82) is 0 Å². The fraction of sp³-hybridized carbons (Fsp3) is 0.588. The summed E-state index contributed by atoms with van der Waals surface area (Å²) in [5.41, 5.74) is 2.18. The van der Waals surface area contributed by atoms with Gasteiger partial charge in [-0.2, -0.15) is 0 Å². The van der Waals surface area contributed by atoms with E-state index in [1.54, 1.807) is 0 Å². The Morgan fingerprint density at radius 1 is 1.33 bits per heavy atom. The van der Waals surface area contributed by atoms with E-state index >= 15 is 0 Å². The van der Waals surface area contributed by atoms with Crippen LogP contribution < -0.4 is 5.32 Å². The van der Waals surface area contributed by atoms with Crippen LogP contribution in [-0.4, -0.2) is 29.8 Å². The topological polar surface area (TPSA) is 58.6 Å². The van der Waals surface area contributed by atoms with Gasteiger partial charge in [0.1, 0.15) is 0 Å². The molecule has 1 aromatic carbocycles. The number of carbonyl (C=O) groups excluding carboxylic acids is 1. The number of rotatable bonds is 4. The van der Waals surface area contributed by atoms with E-state index in [0.717, 1.165) is 37.0 Å². The van der Waals surface area contributed by atoms with Crippen molar-refractivity contribution in [1.82, 2.24) is 5.32 Å². The van der Waals surface area contributed by atoms with Gasteiger partial charge in [0.15, 0.2) is 0 Å². The fourth-order valence-electron chi connectivity index (χ4n) is 3.32. The molecular weight excluding hydrogens is 266 g/mol. The molecule has 2 aliphatic rings. The molecule has 1 aromatic rings. The zero-order valence-electron chi connectivity index (χ0n) is 12.3. The summed E-state index contributed by atoms with van der Waals surface area (Å²) in [7, 11) is 0. The van der Waals surface area contributed by atoms with Gasteiger partial charge in [-0.05, 0) is 36.8 Å². The largest absolute Gasteiger partial charge is 0.390 e. The third kappa shape index (κ3) is 3.44. The standard InChI is InChI=1S/C17H23NO3/c19-15-11-12-5-1-2-7-14(12)17(15)18-16(20)9-8-13-6-3-4-10-21-13/h1-2,5,7,13,15,17,19H,3-4,6,8-11H2,(H,18,20)/t13?,15-,17+/m1/s1. The molecule has 1 aliphatic carbocycles. The SMILES string of the molecule is O=C(CCC1CCCCO1)N[C@H]1c2ccccc2C[C@H]1O. The Morgan fingerprint density at radius 3 is 3.00 bits per heavy atom. The second kappa shape index (κ2) is 6.58. The number of aliphatic hydroxyl groups is 1. The minimum atomic E-state index is -0.516. The zero-order valence-corrected chi connectivity index (χ0v) is 12.3. The van der Waals surface area contributed by atoms with E-state index in [-0.39, 0.29) is 18.1 Å². The highest BCUT2D eigenvalue weighted by Crippen LogP contribution is 2.31. The number of benzene rings is 1. The highest BCUT2D eigenvalue weighted by Gasteiger charge is 2.31. The molecule has 4 heteroatoms. The minimum Gasteiger partial charge on any atom is -0.390 e. The van der Waals surface area contributed by atoms with Crippen LogP contribution in [0.3, 0.4) is 0 Å². The van der Waals surface area contributed by atoms with Crippen LogP contribution in [0.5, 0.6) is 0 Å². The molecule has 21 heavy (non-hydrogen) atoms. The van der Waals surface area contributed by atoms with E-state index in [9.17, 15) is 9.90 Å². The lowest BCUT2D eigenvalue weighted by Gasteiger charge is -2.23. The number of hydrogen-bond donors (Lipinski definition) is 2. The molecule has 0 saturated carbocycles. The highest BCUT2D eigenvalue weighted by atomic mass is 16.5. The Labute approximate surface area is 125 Å². The van der Waals surface area contributed by atoms with E-state index in [4.69, 9.17) is 4.74 Å². The van der Waals surface area contributed by atoms with Gasteiger partial charge in [-0.1, -0.05) is 24.3 Å². The van der Waals surface area contributed by atoms with Gasteiger partial charge in [-0.25, -0.2) is 0 Å². The molecule has 1 unspecified atom stereocenters. The zero-order chi connectivity index (χ0) is 14.7. The van der Waals surface area contributed by atoms with Crippen LogP contribution in [-0.2, 0) is 16.0 Å². The number of nitrogens with one attached hydrogen (secondary N) is 1. The Hall–Kier alpha value is -1.39. The fourth-order valence-corrected chi connectivity index (χ4v) is 3.32. The van der Waals surface area contributed by atoms with Gasteiger partial charge in [-0.3, -0.25) is 4.79 Å². The van der Waals surface area contributed by atoms with Gasteiger partial charge in [-0.15, -0.1) is 0 Å². The van der Waals surface area contributed by atoms with Crippen molar-refractivity contribution in [2.75, 3.05) is 6.61 Å². The molecule has 114 valence electrons. The quantitative estimate of drug-likeness (QED) is 0.892. The lowest BCUT2D eigenvalue weighted by Crippen LogP contribution is -2.34. The van der Waals surface area contributed by atoms with E-state index in [2.05, 4.69) is 5.32 Å². The number of amides is 1. The molecule has 0 radical (unpaired) electrons. The van der Waals surface area contributed by atoms with Crippen LogP contribution in [0.1, 0.15) is 49.3 Å². The lowest BCUT2D eigenvalue weighted by atomic mass is 10.0. The van der Waals surface area contributed by atoms with Gasteiger partial charge in [0.05, 0.1) is 18.2 Å². The smallest absolute Gasteiger partial charge is 0.220 e. The molecule has 2 N–H and O–H groups in total. The molecule has 0 bridgehead atoms. The summed E-state index contributed by atoms with van der Waals surface area (Å²) in [6.45, 7) is 0.820. The number of fused-ring (bicyclic) bond motifs is 1. The molecule has 3 rings (SSSR count). The predicted molar refractivity (Wildman–Crippen MR) is 79.9 cm³/mol. The van der Waals surface area contributed by atoms with Crippen LogP contribution in [0.2, 0.25) is 0 Å². The maximum atomic E-state index is 12.1. The van der Waals surface area contributed by atoms with Crippen molar-refractivity contribution in [3.8, 4) is 0 Å². The van der Waals surface area contributed by atoms with Crippen molar-refractivity contribution in [2.45, 2.75) is 56.8 Å². The second-order valence-corrected chi connectivity index (χ2v) is 6.04. The van der Waals surface area contributed by atoms with Gasteiger partial charge in [0.25, 0.3) is 0 Å². The Balaban J connectivity index is 1.52. The molecule has 0 spiro atoms. The number of aliphatic hydroxyl groups excluding tert-OH is 1. The summed E-state index contributed by atoms with van der Waals surface area (Å²) >= 11 is 0. The van der Waals surface area contributed by atoms with E-state index in [1.807, 2.05) is 24.3 Å². The lowest BCUT2D eigenvalue weighted by molar-refractivity contribution is -0.123. The number of hydrogen-bond acceptors (Lipinski definition) is 3. The van der Waals surface area contributed by atoms with Crippen molar-refractivity contribution in [3.63, 3.8) is 0 Å². The Kier molecular flexibility index (Phi) is 4.56. The van der Waals surface area contributed by atoms with Gasteiger partial charge < -0.3 is 15.2 Å². The molecule has 1 aliphatic heterocycles. The summed E-state index contributed by atoms with van der Waals surface area (Å²) < 4.78 is 5.65. The summed E-state index contributed by atoms with van der Waals surface area (Å²) in [5.74, 6) is 0.00456. The summed E-state index contributed by atoms with van der Waals surface area (Å²) in [6.07, 6.45) is 4.96. The molecule has 1 heterocycles. The Bertz CT molecular complexity index is 497. The number of ether oxygens (including phenoxy) is 1. The summed E-state index contributed by atoms with van der Waals surface area (Å²) in [6, 6.07) is 7.66. The third-order valence-electron chi connectivity index (χ3n) is 4.49. The third-order valence-corrected chi connectivity index (χ3v) is 4.49. The van der Waals surface area contributed by atoms with Crippen molar-refractivity contribution >= 4 is 5.91 Å². The van der Waals surface area contributed by atoms with Gasteiger partial charge in [0.2, 0.25) is 5.91 Å². The minimum absolute atomic E-state index is 0.00456. The molecule has 0 aromatic heterocycles. The van der Waals surface area contributed by atoms with Crippen LogP contribution in [0.15, 0.2) is 24.3 Å². The molecule has 1 saturated heterocycles. The van der Waals surface area contributed by atoms with E-state index in [0.29, 0.717) is 12.8 Å². The average molecular weight is 289 g/mol. The summed E-state index contributed by atoms with van der Waals surface area (Å²) in [4.78, 5) is 12.1. The monoisotopic (exact) mass is 289 g/mol. The molecule has 4 nitrogen and oxygen atoms in total. The second-order valence-electron chi connectivity index (χ2n) is 6.04. The highest BCUT2D eigenvalue weighted by molar-refractivity contribution is 5.76. The molecule has 1 fully saturated rings. The van der Waals surface area contributed by atoms with E-state index < -0.39 is 6.10 Å². The first-order valence-corrected chi connectivity index (χ1v) is 7.91. The maximum Gasteiger partial charge on any atom is 0.220 e. The van der Waals surface area contributed by atoms with Crippen molar-refractivity contribution in [3.05, 3.63) is 35.4 Å². The first-order valence-electron chi connectivity index (χ1n) is 7.91. The molecule has 1 amide bonds. The Morgan fingerprint density at radius 2 is 2.19 bits per heavy atom. The molecule has 3 atom stereocenters. The van der Waals surface area contributed by atoms with Crippen molar-refractivity contribution < 1.29 is 14.6 Å². The predicted octanol–water partition coefficient (Wildman–Crippen LogP) is 2.11. The maximum absolute atomic E-state index is 12.1. The normalized spacial score (nSPS) is 28.1. The average Bonchev–Trinajstić information content (AvgIpc) is 2.82. The first kappa shape index (κ1) is 14.5. The van der Waals surface area contributed by atoms with E-state index in [1.165, 1.54) is 6.42 Å². The summed E-state index contributed by atoms with van der Waals surface area (Å²) in [5, 5.41) is 13.1.